The number of halogens is 2. The lowest BCUT2D eigenvalue weighted by molar-refractivity contribution is -0.140. The van der Waals surface area contributed by atoms with Crippen molar-refractivity contribution in [3.05, 3.63) is 94.0 Å². The van der Waals surface area contributed by atoms with E-state index in [4.69, 9.17) is 23.2 Å². The molecule has 0 fully saturated rings. The highest BCUT2D eigenvalue weighted by molar-refractivity contribution is 7.92. The molecule has 0 aliphatic carbocycles. The van der Waals surface area contributed by atoms with Gasteiger partial charge in [0.2, 0.25) is 11.8 Å². The number of carbonyl (C=O) groups excluding carboxylic acids is 2. The molecule has 0 spiro atoms. The fraction of sp³-hybridized carbons (Fsp3) is 0.310. The first-order chi connectivity index (χ1) is 18.5. The smallest absolute Gasteiger partial charge is 0.264 e. The highest BCUT2D eigenvalue weighted by Gasteiger charge is 2.34. The minimum atomic E-state index is -4.17. The second-order valence-corrected chi connectivity index (χ2v) is 12.1. The summed E-state index contributed by atoms with van der Waals surface area (Å²) in [6, 6.07) is 18.8. The van der Waals surface area contributed by atoms with Crippen molar-refractivity contribution in [1.29, 1.82) is 0 Å². The topological polar surface area (TPSA) is 86.8 Å². The molecule has 3 rings (SSSR count). The van der Waals surface area contributed by atoms with Crippen LogP contribution in [0.1, 0.15) is 38.3 Å². The van der Waals surface area contributed by atoms with Crippen molar-refractivity contribution < 1.29 is 18.0 Å². The summed E-state index contributed by atoms with van der Waals surface area (Å²) in [6.07, 6.45) is 0.316. The third kappa shape index (κ3) is 7.32. The largest absolute Gasteiger partial charge is 0.352 e. The zero-order valence-corrected chi connectivity index (χ0v) is 24.7. The van der Waals surface area contributed by atoms with Crippen LogP contribution in [0.4, 0.5) is 5.69 Å². The summed E-state index contributed by atoms with van der Waals surface area (Å²) in [5, 5.41) is 3.68. The van der Waals surface area contributed by atoms with Crippen molar-refractivity contribution in [2.45, 2.75) is 57.6 Å². The minimum Gasteiger partial charge on any atom is -0.352 e. The van der Waals surface area contributed by atoms with Gasteiger partial charge >= 0.3 is 0 Å². The van der Waals surface area contributed by atoms with Gasteiger partial charge in [-0.05, 0) is 68.7 Å². The average Bonchev–Trinajstić information content (AvgIpc) is 2.90. The van der Waals surface area contributed by atoms with Crippen LogP contribution in [-0.4, -0.2) is 43.8 Å². The Morgan fingerprint density at radius 2 is 1.51 bits per heavy atom. The van der Waals surface area contributed by atoms with Gasteiger partial charge in [-0.3, -0.25) is 13.9 Å². The fourth-order valence-corrected chi connectivity index (χ4v) is 6.07. The lowest BCUT2D eigenvalue weighted by atomic mass is 10.1. The number of anilines is 1. The molecule has 3 aromatic rings. The molecule has 0 heterocycles. The zero-order valence-electron chi connectivity index (χ0n) is 22.4. The first-order valence-electron chi connectivity index (χ1n) is 12.6. The Morgan fingerprint density at radius 1 is 0.897 bits per heavy atom. The molecule has 0 bridgehead atoms. The first kappa shape index (κ1) is 30.5. The van der Waals surface area contributed by atoms with E-state index >= 15 is 0 Å². The van der Waals surface area contributed by atoms with Crippen molar-refractivity contribution in [3.63, 3.8) is 0 Å². The van der Waals surface area contributed by atoms with Crippen LogP contribution < -0.4 is 9.62 Å². The van der Waals surface area contributed by atoms with E-state index in [2.05, 4.69) is 5.32 Å². The van der Waals surface area contributed by atoms with Gasteiger partial charge in [-0.1, -0.05) is 72.6 Å². The molecule has 0 radical (unpaired) electrons. The van der Waals surface area contributed by atoms with Crippen molar-refractivity contribution >= 4 is 50.7 Å². The van der Waals surface area contributed by atoms with Crippen LogP contribution in [-0.2, 0) is 26.2 Å². The van der Waals surface area contributed by atoms with Crippen LogP contribution in [0.3, 0.4) is 0 Å². The zero-order chi connectivity index (χ0) is 28.7. The molecule has 0 aromatic heterocycles. The van der Waals surface area contributed by atoms with Crippen LogP contribution in [0.25, 0.3) is 0 Å². The number of nitrogens with one attached hydrogen (secondary N) is 1. The predicted molar refractivity (Wildman–Crippen MR) is 157 cm³/mol. The lowest BCUT2D eigenvalue weighted by Gasteiger charge is -2.34. The summed E-state index contributed by atoms with van der Waals surface area (Å²) >= 11 is 12.8. The van der Waals surface area contributed by atoms with E-state index in [9.17, 15) is 18.0 Å². The average molecular weight is 591 g/mol. The normalized spacial score (nSPS) is 12.2. The molecule has 7 nitrogen and oxygen atoms in total. The molecule has 0 aliphatic rings. The predicted octanol–water partition coefficient (Wildman–Crippen LogP) is 5.83. The van der Waals surface area contributed by atoms with Crippen molar-refractivity contribution in [2.24, 2.45) is 0 Å². The van der Waals surface area contributed by atoms with E-state index in [1.165, 1.54) is 17.0 Å². The van der Waals surface area contributed by atoms with E-state index < -0.39 is 28.5 Å². The fourth-order valence-electron chi connectivity index (χ4n) is 4.21. The highest BCUT2D eigenvalue weighted by atomic mass is 35.5. The summed E-state index contributed by atoms with van der Waals surface area (Å²) in [7, 11) is -4.17. The third-order valence-corrected chi connectivity index (χ3v) is 8.79. The van der Waals surface area contributed by atoms with Gasteiger partial charge in [-0.15, -0.1) is 0 Å². The molecular formula is C29H33Cl2N3O4S. The van der Waals surface area contributed by atoms with Gasteiger partial charge in [-0.25, -0.2) is 8.42 Å². The Bertz CT molecular complexity index is 1420. The molecule has 0 unspecified atom stereocenters. The third-order valence-electron chi connectivity index (χ3n) is 6.23. The van der Waals surface area contributed by atoms with Crippen molar-refractivity contribution in [2.75, 3.05) is 10.8 Å². The SMILES string of the molecule is CC[C@@H](C(=O)NC(C)C)N(Cc1ccccc1Cl)C(=O)CN(c1cccc(Cl)c1C)S(=O)(=O)c1ccccc1. The van der Waals surface area contributed by atoms with Gasteiger partial charge in [0.15, 0.2) is 0 Å². The van der Waals surface area contributed by atoms with Crippen LogP contribution in [0.2, 0.25) is 10.0 Å². The first-order valence-corrected chi connectivity index (χ1v) is 14.8. The lowest BCUT2D eigenvalue weighted by Crippen LogP contribution is -2.53. The second kappa shape index (κ2) is 13.3. The second-order valence-electron chi connectivity index (χ2n) is 9.41. The highest BCUT2D eigenvalue weighted by Crippen LogP contribution is 2.31. The Labute approximate surface area is 240 Å². The quantitative estimate of drug-likeness (QED) is 0.305. The number of rotatable bonds is 11. The molecule has 2 amide bonds. The van der Waals surface area contributed by atoms with Gasteiger partial charge < -0.3 is 10.2 Å². The van der Waals surface area contributed by atoms with E-state index in [0.717, 1.165) is 4.31 Å². The Kier molecular flexibility index (Phi) is 10.4. The summed E-state index contributed by atoms with van der Waals surface area (Å²) in [5.74, 6) is -0.885. The van der Waals surface area contributed by atoms with E-state index in [1.807, 2.05) is 13.8 Å². The maximum absolute atomic E-state index is 14.1. The van der Waals surface area contributed by atoms with Gasteiger partial charge in [0, 0.05) is 22.6 Å². The number of sulfonamides is 1. The van der Waals surface area contributed by atoms with Gasteiger partial charge in [0.25, 0.3) is 10.0 Å². The van der Waals surface area contributed by atoms with Crippen LogP contribution in [0.15, 0.2) is 77.7 Å². The summed E-state index contributed by atoms with van der Waals surface area (Å²) in [4.78, 5) is 28.7. The molecule has 1 atom stereocenters. The number of amides is 2. The van der Waals surface area contributed by atoms with Crippen LogP contribution in [0.5, 0.6) is 0 Å². The number of nitrogens with zero attached hydrogens (tertiary/aromatic N) is 2. The molecule has 1 N–H and O–H groups in total. The number of carbonyl (C=O) groups is 2. The van der Waals surface area contributed by atoms with Crippen molar-refractivity contribution in [1.82, 2.24) is 10.2 Å². The summed E-state index contributed by atoms with van der Waals surface area (Å²) in [6.45, 7) is 6.64. The monoisotopic (exact) mass is 589 g/mol. The van der Waals surface area contributed by atoms with E-state index in [1.54, 1.807) is 74.5 Å². The molecule has 0 saturated heterocycles. The number of benzene rings is 3. The molecular weight excluding hydrogens is 557 g/mol. The molecule has 0 saturated carbocycles. The molecule has 10 heteroatoms. The number of hydrogen-bond acceptors (Lipinski definition) is 4. The van der Waals surface area contributed by atoms with E-state index in [0.29, 0.717) is 27.6 Å². The Hall–Kier alpha value is -3.07. The summed E-state index contributed by atoms with van der Waals surface area (Å²) < 4.78 is 28.8. The van der Waals surface area contributed by atoms with Crippen LogP contribution >= 0.6 is 23.2 Å². The Balaban J connectivity index is 2.11. The maximum atomic E-state index is 14.1. The standard InChI is InChI=1S/C29H33Cl2N3O4S/c1-5-26(29(36)32-20(2)3)33(18-22-12-9-10-15-25(22)31)28(35)19-34(27-17-11-16-24(30)21(27)4)39(37,38)23-13-7-6-8-14-23/h6-17,20,26H,5,18-19H2,1-4H3,(H,32,36)/t26-/m0/s1. The molecule has 39 heavy (non-hydrogen) atoms. The van der Waals surface area contributed by atoms with Crippen molar-refractivity contribution in [3.8, 4) is 0 Å². The number of hydrogen-bond donors (Lipinski definition) is 1. The molecule has 3 aromatic carbocycles. The minimum absolute atomic E-state index is 0.0241. The molecule has 208 valence electrons. The van der Waals surface area contributed by atoms with E-state index in [-0.39, 0.29) is 29.1 Å². The summed E-state index contributed by atoms with van der Waals surface area (Å²) in [5.41, 5.74) is 1.42. The molecule has 0 aliphatic heterocycles. The maximum Gasteiger partial charge on any atom is 0.264 e. The van der Waals surface area contributed by atoms with Gasteiger partial charge in [0.1, 0.15) is 12.6 Å². The Morgan fingerprint density at radius 3 is 2.13 bits per heavy atom. The van der Waals surface area contributed by atoms with Gasteiger partial charge in [-0.2, -0.15) is 0 Å². The van der Waals surface area contributed by atoms with Crippen LogP contribution in [0, 0.1) is 6.92 Å². The van der Waals surface area contributed by atoms with Gasteiger partial charge in [0.05, 0.1) is 10.6 Å².